The molecule has 0 bridgehead atoms. The fraction of sp³-hybridized carbons (Fsp3) is 0.143. The molecule has 152 valence electrons. The van der Waals surface area contributed by atoms with Crippen LogP contribution in [-0.4, -0.2) is 30.1 Å². The van der Waals surface area contributed by atoms with E-state index in [1.54, 1.807) is 42.5 Å². The normalized spacial score (nSPS) is 15.0. The maximum atomic E-state index is 13.1. The van der Waals surface area contributed by atoms with Crippen molar-refractivity contribution in [2.45, 2.75) is 6.92 Å². The largest absolute Gasteiger partial charge is 0.490 e. The average Bonchev–Trinajstić information content (AvgIpc) is 2.72. The Balaban J connectivity index is 1.96. The summed E-state index contributed by atoms with van der Waals surface area (Å²) in [6.45, 7) is 2.07. The fourth-order valence-corrected chi connectivity index (χ4v) is 3.31. The van der Waals surface area contributed by atoms with Crippen molar-refractivity contribution in [1.29, 1.82) is 5.26 Å². The second-order valence-corrected chi connectivity index (χ2v) is 7.32. The highest BCUT2D eigenvalue weighted by Crippen LogP contribution is 2.30. The molecule has 1 saturated heterocycles. The molecule has 1 aliphatic rings. The molecule has 2 amide bonds. The van der Waals surface area contributed by atoms with Gasteiger partial charge in [-0.1, -0.05) is 22.0 Å². The molecule has 2 aromatic rings. The minimum atomic E-state index is -0.582. The molecule has 1 N–H and O–H groups in total. The number of anilines is 1. The number of hydrogen-bond acceptors (Lipinski definition) is 6. The summed E-state index contributed by atoms with van der Waals surface area (Å²) in [4.78, 5) is 26.8. The number of rotatable bonds is 6. The molecule has 2 aromatic carbocycles. The van der Waals surface area contributed by atoms with Crippen molar-refractivity contribution in [1.82, 2.24) is 5.32 Å². The number of hydrogen-bond donors (Lipinski definition) is 1. The summed E-state index contributed by atoms with van der Waals surface area (Å²) < 4.78 is 11.7. The second kappa shape index (κ2) is 9.52. The van der Waals surface area contributed by atoms with Crippen molar-refractivity contribution in [3.8, 4) is 17.6 Å². The number of carbonyl (C=O) groups excluding carboxylic acids is 2. The zero-order chi connectivity index (χ0) is 21.7. The predicted octanol–water partition coefficient (Wildman–Crippen LogP) is 3.58. The summed E-state index contributed by atoms with van der Waals surface area (Å²) in [6, 6.07) is 13.8. The van der Waals surface area contributed by atoms with E-state index >= 15 is 0 Å². The van der Waals surface area contributed by atoms with Gasteiger partial charge in [0.05, 0.1) is 12.3 Å². The van der Waals surface area contributed by atoms with Crippen molar-refractivity contribution in [2.75, 3.05) is 18.1 Å². The summed E-state index contributed by atoms with van der Waals surface area (Å²) >= 11 is 8.55. The zero-order valence-corrected chi connectivity index (χ0v) is 18.2. The van der Waals surface area contributed by atoms with E-state index < -0.39 is 11.8 Å². The second-order valence-electron chi connectivity index (χ2n) is 6.02. The summed E-state index contributed by atoms with van der Waals surface area (Å²) in [5.41, 5.74) is 1.03. The number of nitrogens with zero attached hydrogens (tertiary/aromatic N) is 2. The first-order chi connectivity index (χ1) is 14.4. The van der Waals surface area contributed by atoms with Gasteiger partial charge in [0.1, 0.15) is 11.6 Å². The lowest BCUT2D eigenvalue weighted by atomic mass is 10.1. The van der Waals surface area contributed by atoms with Crippen LogP contribution in [0, 0.1) is 11.3 Å². The highest BCUT2D eigenvalue weighted by Gasteiger charge is 2.34. The zero-order valence-electron chi connectivity index (χ0n) is 15.8. The Hall–Kier alpha value is -3.22. The van der Waals surface area contributed by atoms with Crippen LogP contribution < -0.4 is 19.7 Å². The Kier molecular flexibility index (Phi) is 6.82. The lowest BCUT2D eigenvalue weighted by molar-refractivity contribution is -0.122. The molecule has 0 aromatic heterocycles. The molecule has 1 heterocycles. The number of nitriles is 1. The van der Waals surface area contributed by atoms with Gasteiger partial charge in [-0.3, -0.25) is 19.8 Å². The molecule has 0 unspecified atom stereocenters. The average molecular weight is 486 g/mol. The highest BCUT2D eigenvalue weighted by atomic mass is 79.9. The van der Waals surface area contributed by atoms with Gasteiger partial charge >= 0.3 is 0 Å². The van der Waals surface area contributed by atoms with Gasteiger partial charge in [0.15, 0.2) is 23.2 Å². The van der Waals surface area contributed by atoms with Crippen LogP contribution in [0.1, 0.15) is 12.5 Å². The van der Waals surface area contributed by atoms with Crippen molar-refractivity contribution >= 4 is 56.8 Å². The van der Waals surface area contributed by atoms with E-state index in [4.69, 9.17) is 27.0 Å². The molecular formula is C21H16BrN3O4S. The Morgan fingerprint density at radius 3 is 2.57 bits per heavy atom. The van der Waals surface area contributed by atoms with Gasteiger partial charge < -0.3 is 9.47 Å². The van der Waals surface area contributed by atoms with E-state index in [9.17, 15) is 9.59 Å². The van der Waals surface area contributed by atoms with E-state index in [1.165, 1.54) is 11.0 Å². The van der Waals surface area contributed by atoms with Crippen LogP contribution in [0.15, 0.2) is 52.5 Å². The number of benzene rings is 2. The lowest BCUT2D eigenvalue weighted by Gasteiger charge is -2.29. The first-order valence-electron chi connectivity index (χ1n) is 8.88. The maximum Gasteiger partial charge on any atom is 0.270 e. The standard InChI is InChI=1S/C21H16BrN3O4S/c1-2-28-18-12-13(3-8-17(18)29-10-9-23)11-16-19(26)24-21(30)25(20(16)27)15-6-4-14(22)5-7-15/h3-8,11-12H,2,10H2,1H3,(H,24,26,30)/b16-11-. The van der Waals surface area contributed by atoms with Crippen LogP contribution in [0.4, 0.5) is 5.69 Å². The molecule has 7 nitrogen and oxygen atoms in total. The van der Waals surface area contributed by atoms with Gasteiger partial charge in [-0.2, -0.15) is 5.26 Å². The molecule has 30 heavy (non-hydrogen) atoms. The molecule has 9 heteroatoms. The van der Waals surface area contributed by atoms with Crippen LogP contribution in [-0.2, 0) is 9.59 Å². The Morgan fingerprint density at radius 1 is 1.17 bits per heavy atom. The molecule has 1 fully saturated rings. The third-order valence-corrected chi connectivity index (χ3v) is 4.87. The number of amides is 2. The molecule has 0 spiro atoms. The van der Waals surface area contributed by atoms with Gasteiger partial charge in [-0.15, -0.1) is 0 Å². The molecule has 0 atom stereocenters. The fourth-order valence-electron chi connectivity index (χ4n) is 2.76. The van der Waals surface area contributed by atoms with E-state index in [0.717, 1.165) is 4.47 Å². The van der Waals surface area contributed by atoms with Crippen molar-refractivity contribution in [3.05, 3.63) is 58.1 Å². The summed E-state index contributed by atoms with van der Waals surface area (Å²) in [6.07, 6.45) is 1.46. The molecule has 0 saturated carbocycles. The van der Waals surface area contributed by atoms with E-state index in [1.807, 2.05) is 13.0 Å². The topological polar surface area (TPSA) is 91.7 Å². The number of carbonyl (C=O) groups is 2. The number of ether oxygens (including phenoxy) is 2. The Labute approximate surface area is 187 Å². The summed E-state index contributed by atoms with van der Waals surface area (Å²) in [5.74, 6) is -0.307. The van der Waals surface area contributed by atoms with Gasteiger partial charge in [0.2, 0.25) is 0 Å². The van der Waals surface area contributed by atoms with Gasteiger partial charge in [-0.05, 0) is 67.2 Å². The van der Waals surface area contributed by atoms with E-state index in [0.29, 0.717) is 29.4 Å². The van der Waals surface area contributed by atoms with Crippen LogP contribution in [0.5, 0.6) is 11.5 Å². The van der Waals surface area contributed by atoms with Crippen LogP contribution in [0.3, 0.4) is 0 Å². The van der Waals surface area contributed by atoms with Gasteiger partial charge in [0.25, 0.3) is 11.8 Å². The Morgan fingerprint density at radius 2 is 1.90 bits per heavy atom. The quantitative estimate of drug-likeness (QED) is 0.381. The summed E-state index contributed by atoms with van der Waals surface area (Å²) in [7, 11) is 0. The van der Waals surface area contributed by atoms with Crippen LogP contribution >= 0.6 is 28.1 Å². The monoisotopic (exact) mass is 485 g/mol. The third-order valence-electron chi connectivity index (χ3n) is 4.06. The van der Waals surface area contributed by atoms with E-state index in [-0.39, 0.29) is 17.3 Å². The summed E-state index contributed by atoms with van der Waals surface area (Å²) in [5, 5.41) is 11.3. The molecule has 0 aliphatic carbocycles. The first-order valence-corrected chi connectivity index (χ1v) is 10.1. The third kappa shape index (κ3) is 4.67. The smallest absolute Gasteiger partial charge is 0.270 e. The molecule has 0 radical (unpaired) electrons. The van der Waals surface area contributed by atoms with Crippen LogP contribution in [0.25, 0.3) is 6.08 Å². The number of nitrogens with one attached hydrogen (secondary N) is 1. The lowest BCUT2D eigenvalue weighted by Crippen LogP contribution is -2.54. The van der Waals surface area contributed by atoms with Gasteiger partial charge in [-0.25, -0.2) is 0 Å². The molecular weight excluding hydrogens is 470 g/mol. The van der Waals surface area contributed by atoms with Crippen LogP contribution in [0.2, 0.25) is 0 Å². The number of halogens is 1. The number of thiocarbonyl (C=S) groups is 1. The Bertz CT molecular complexity index is 1080. The minimum absolute atomic E-state index is 0.0136. The first kappa shape index (κ1) is 21.5. The highest BCUT2D eigenvalue weighted by molar-refractivity contribution is 9.10. The van der Waals surface area contributed by atoms with E-state index in [2.05, 4.69) is 21.2 Å². The van der Waals surface area contributed by atoms with Crippen molar-refractivity contribution in [3.63, 3.8) is 0 Å². The maximum absolute atomic E-state index is 13.1. The molecule has 1 aliphatic heterocycles. The molecule has 3 rings (SSSR count). The SMILES string of the molecule is CCOc1cc(/C=C2/C(=O)NC(=S)N(c3ccc(Br)cc3)C2=O)ccc1OCC#N. The predicted molar refractivity (Wildman–Crippen MR) is 119 cm³/mol. The van der Waals surface area contributed by atoms with Crippen molar-refractivity contribution < 1.29 is 19.1 Å². The van der Waals surface area contributed by atoms with Crippen molar-refractivity contribution in [2.24, 2.45) is 0 Å². The minimum Gasteiger partial charge on any atom is -0.490 e. The van der Waals surface area contributed by atoms with Gasteiger partial charge in [0, 0.05) is 4.47 Å².